The number of benzene rings is 2. The number of nitrogens with one attached hydrogen (secondary N) is 4. The number of alkyl halides is 6. The van der Waals surface area contributed by atoms with Gasteiger partial charge < -0.3 is 39.7 Å². The molecule has 3 aromatic rings. The molecule has 3 rings (SSSR count). The van der Waals surface area contributed by atoms with Crippen molar-refractivity contribution in [1.82, 2.24) is 35.2 Å². The molecule has 0 saturated heterocycles. The van der Waals surface area contributed by atoms with Gasteiger partial charge in [0.25, 0.3) is 18.0 Å². The number of hydrogen-bond donors (Lipinski definition) is 4. The maximum Gasteiger partial charge on any atom is 0.461 e. The Balaban J connectivity index is 0.000000493. The molecule has 0 aliphatic carbocycles. The first-order valence-electron chi connectivity index (χ1n) is 19.9. The highest BCUT2D eigenvalue weighted by Gasteiger charge is 2.45. The molecule has 0 bridgehead atoms. The lowest BCUT2D eigenvalue weighted by atomic mass is 9.80. The number of rotatable bonds is 20. The molecule has 12 nitrogen and oxygen atoms in total. The third-order valence-corrected chi connectivity index (χ3v) is 9.61. The van der Waals surface area contributed by atoms with Crippen molar-refractivity contribution in [2.24, 2.45) is 0 Å². The largest absolute Gasteiger partial charge is 0.461 e. The molecule has 0 aliphatic rings. The van der Waals surface area contributed by atoms with Gasteiger partial charge in [-0.3, -0.25) is 15.8 Å². The van der Waals surface area contributed by atoms with Crippen LogP contribution in [0.4, 0.5) is 35.5 Å². The molecule has 0 fully saturated rings. The van der Waals surface area contributed by atoms with Gasteiger partial charge in [0.05, 0.1) is 16.8 Å². The number of amidine groups is 2. The summed E-state index contributed by atoms with van der Waals surface area (Å²) < 4.78 is 105. The van der Waals surface area contributed by atoms with Crippen LogP contribution < -0.4 is 15.4 Å². The molecule has 20 heteroatoms. The fraction of sp³-hybridized carbons (Fsp3) is 0.524. The number of carbonyl (C=O) groups is 1. The van der Waals surface area contributed by atoms with E-state index in [1.165, 1.54) is 18.3 Å². The summed E-state index contributed by atoms with van der Waals surface area (Å²) in [5.41, 5.74) is -1.65. The Morgan fingerprint density at radius 1 is 0.855 bits per heavy atom. The topological polar surface area (TPSA) is 133 Å². The van der Waals surface area contributed by atoms with E-state index >= 15 is 0 Å². The summed E-state index contributed by atoms with van der Waals surface area (Å²) in [5, 5.41) is 21.0. The van der Waals surface area contributed by atoms with Gasteiger partial charge in [0.1, 0.15) is 17.1 Å². The lowest BCUT2D eigenvalue weighted by molar-refractivity contribution is -0.253. The Hall–Kier alpha value is -4.88. The van der Waals surface area contributed by atoms with Crippen LogP contribution in [0.5, 0.6) is 5.75 Å². The molecule has 0 spiro atoms. The minimum atomic E-state index is -4.96. The fourth-order valence-corrected chi connectivity index (χ4v) is 5.97. The van der Waals surface area contributed by atoms with Crippen LogP contribution in [0.15, 0.2) is 66.9 Å². The van der Waals surface area contributed by atoms with Gasteiger partial charge in [-0.2, -0.15) is 17.6 Å². The van der Waals surface area contributed by atoms with Crippen LogP contribution in [0.25, 0.3) is 0 Å². The van der Waals surface area contributed by atoms with E-state index in [1.807, 2.05) is 51.8 Å². The van der Waals surface area contributed by atoms with Crippen LogP contribution in [0, 0.1) is 16.6 Å². The summed E-state index contributed by atoms with van der Waals surface area (Å²) in [4.78, 5) is 25.3. The van der Waals surface area contributed by atoms with Gasteiger partial charge in [-0.15, -0.1) is 0 Å². The van der Waals surface area contributed by atoms with Gasteiger partial charge in [0.15, 0.2) is 0 Å². The van der Waals surface area contributed by atoms with Gasteiger partial charge in [-0.1, -0.05) is 41.9 Å². The molecule has 62 heavy (non-hydrogen) atoms. The number of nitrogens with zero attached hydrogens (tertiary/aromatic N) is 5. The monoisotopic (exact) mass is 905 g/mol. The number of aromatic nitrogens is 1. The summed E-state index contributed by atoms with van der Waals surface area (Å²) in [5.74, 6) is -5.47. The van der Waals surface area contributed by atoms with Crippen molar-refractivity contribution >= 4 is 29.7 Å². The molecule has 0 aliphatic heterocycles. The van der Waals surface area contributed by atoms with E-state index in [2.05, 4.69) is 30.2 Å². The summed E-state index contributed by atoms with van der Waals surface area (Å²) in [6.07, 6.45) is -6.25. The normalized spacial score (nSPS) is 13.1. The Morgan fingerprint density at radius 2 is 1.40 bits per heavy atom. The van der Waals surface area contributed by atoms with Crippen LogP contribution in [-0.2, 0) is 16.7 Å². The second kappa shape index (κ2) is 24.7. The molecule has 0 saturated carbocycles. The molecule has 2 atom stereocenters. The lowest BCUT2D eigenvalue weighted by Crippen LogP contribution is -2.56. The Bertz CT molecular complexity index is 1810. The van der Waals surface area contributed by atoms with E-state index in [9.17, 15) is 35.5 Å². The number of halogens is 8. The zero-order valence-corrected chi connectivity index (χ0v) is 37.1. The average Bonchev–Trinajstić information content (AvgIpc) is 3.17. The third-order valence-electron chi connectivity index (χ3n) is 9.38. The van der Waals surface area contributed by atoms with Crippen LogP contribution in [0.3, 0.4) is 0 Å². The van der Waals surface area contributed by atoms with Crippen LogP contribution in [0.2, 0.25) is 5.02 Å². The van der Waals surface area contributed by atoms with Crippen molar-refractivity contribution in [3.05, 3.63) is 94.5 Å². The minimum Gasteiger partial charge on any atom is -0.428 e. The van der Waals surface area contributed by atoms with Gasteiger partial charge in [-0.25, -0.2) is 18.0 Å². The molecular weight excluding hydrogens is 847 g/mol. The highest BCUT2D eigenvalue weighted by atomic mass is 35.5. The molecule has 1 aromatic heterocycles. The van der Waals surface area contributed by atoms with E-state index in [-0.39, 0.29) is 34.7 Å². The van der Waals surface area contributed by atoms with E-state index in [4.69, 9.17) is 27.2 Å². The third kappa shape index (κ3) is 17.5. The fourth-order valence-electron chi connectivity index (χ4n) is 5.86. The number of amides is 2. The predicted octanol–water partition coefficient (Wildman–Crippen LogP) is 8.36. The molecule has 2 amide bonds. The summed E-state index contributed by atoms with van der Waals surface area (Å²) in [6, 6.07) is 10.5. The smallest absolute Gasteiger partial charge is 0.428 e. The molecule has 0 radical (unpaired) electrons. The quantitative estimate of drug-likeness (QED) is 0.0506. The van der Waals surface area contributed by atoms with Crippen LogP contribution in [-0.4, -0.2) is 135 Å². The summed E-state index contributed by atoms with van der Waals surface area (Å²) in [6.45, 7) is 10.6. The van der Waals surface area contributed by atoms with Crippen molar-refractivity contribution in [1.29, 1.82) is 10.8 Å². The Morgan fingerprint density at radius 3 is 1.85 bits per heavy atom. The number of hydrogen-bond acceptors (Lipinski definition) is 8. The predicted molar refractivity (Wildman–Crippen MR) is 227 cm³/mol. The van der Waals surface area contributed by atoms with Crippen molar-refractivity contribution in [3.63, 3.8) is 0 Å². The number of ether oxygens (including phenoxy) is 2. The first-order chi connectivity index (χ1) is 28.9. The molecule has 346 valence electrons. The van der Waals surface area contributed by atoms with Crippen molar-refractivity contribution < 1.29 is 45.0 Å². The van der Waals surface area contributed by atoms with Gasteiger partial charge >= 0.3 is 18.6 Å². The first-order valence-corrected chi connectivity index (χ1v) is 20.2. The second-order valence-corrected chi connectivity index (χ2v) is 15.5. The van der Waals surface area contributed by atoms with E-state index in [0.717, 1.165) is 58.1 Å². The highest BCUT2D eigenvalue weighted by Crippen LogP contribution is 2.37. The molecular formula is C42H59ClF7N9O3. The molecule has 4 N–H and O–H groups in total. The summed E-state index contributed by atoms with van der Waals surface area (Å²) >= 11 is 5.97. The number of carbonyl (C=O) groups excluding carboxylic acids is 1. The van der Waals surface area contributed by atoms with E-state index in [0.29, 0.717) is 31.6 Å². The zero-order chi connectivity index (χ0) is 46.8. The second-order valence-electron chi connectivity index (χ2n) is 15.0. The summed E-state index contributed by atoms with van der Waals surface area (Å²) in [7, 11) is 8.17. The SMILES string of the molecule is CC(NC(=O)N[C@@](Cc1ccccc1)(c1cc(F)cc(OC(F)(F)C(F)F)c1)c1ccc(Cl)cn1)C(C)(F)F.CCN(CCCN(C)C)C(=N)OC(=N)N(CC)CCCN(C)C. The molecule has 1 heterocycles. The van der Waals surface area contributed by atoms with E-state index < -0.39 is 47.6 Å². The van der Waals surface area contributed by atoms with Gasteiger partial charge in [0.2, 0.25) is 0 Å². The Labute approximate surface area is 364 Å². The maximum atomic E-state index is 14.8. The number of pyridine rings is 1. The van der Waals surface area contributed by atoms with Gasteiger partial charge in [-0.05, 0) is 110 Å². The highest BCUT2D eigenvalue weighted by molar-refractivity contribution is 6.30. The van der Waals surface area contributed by atoms with Crippen molar-refractivity contribution in [3.8, 4) is 5.75 Å². The lowest BCUT2D eigenvalue weighted by Gasteiger charge is -2.36. The Kier molecular flexibility index (Phi) is 21.2. The standard InChI is InChI=1S/C26H23ClF7N3O2.C16H36N6O/c1-15(24(2,31)32)36-23(38)37-25(13-16-6-4-3-5-7-16,21-9-8-18(27)14-35-21)17-10-19(28)12-20(11-17)39-26(33,34)22(29)30;1-7-21(13-9-11-19(3)4)15(17)23-16(18)22(8-2)14-10-12-20(5)6/h3-12,14-15,22H,13H2,1-2H3,(H2,36,37,38);17-18H,7-14H2,1-6H3/t15?,25-;/m0./s1. The zero-order valence-electron chi connectivity index (χ0n) is 36.4. The van der Waals surface area contributed by atoms with Gasteiger partial charge in [0, 0.05) is 51.8 Å². The minimum absolute atomic E-state index is 0.000940. The van der Waals surface area contributed by atoms with Crippen molar-refractivity contribution in [2.45, 2.75) is 77.0 Å². The first kappa shape index (κ1) is 53.3. The maximum absolute atomic E-state index is 14.8. The van der Waals surface area contributed by atoms with Crippen LogP contribution >= 0.6 is 11.6 Å². The van der Waals surface area contributed by atoms with Crippen molar-refractivity contribution in [2.75, 3.05) is 67.5 Å². The molecule has 1 unspecified atom stereocenters. The molecule has 2 aromatic carbocycles. The van der Waals surface area contributed by atoms with Crippen LogP contribution in [0.1, 0.15) is 57.4 Å². The average molecular weight is 906 g/mol. The number of urea groups is 1. The van der Waals surface area contributed by atoms with E-state index in [1.54, 1.807) is 30.3 Å².